The second-order valence-electron chi connectivity index (χ2n) is 4.49. The van der Waals surface area contributed by atoms with E-state index in [9.17, 15) is 8.42 Å². The largest absolute Gasteiger partial charge is 0.472 e. The second kappa shape index (κ2) is 4.80. The fourth-order valence-corrected chi connectivity index (χ4v) is 3.16. The Bertz CT molecular complexity index is 678. The van der Waals surface area contributed by atoms with E-state index in [-0.39, 0.29) is 6.54 Å². The van der Waals surface area contributed by atoms with Crippen molar-refractivity contribution in [2.24, 2.45) is 0 Å². The summed E-state index contributed by atoms with van der Waals surface area (Å²) in [6, 6.07) is 6.97. The molecule has 0 amide bonds. The third kappa shape index (κ3) is 2.56. The molecule has 6 heteroatoms. The van der Waals surface area contributed by atoms with Crippen LogP contribution in [0.4, 0.5) is 0 Å². The van der Waals surface area contributed by atoms with Crippen molar-refractivity contribution in [1.29, 1.82) is 0 Å². The smallest absolute Gasteiger partial charge is 0.240 e. The highest BCUT2D eigenvalue weighted by molar-refractivity contribution is 7.89. The zero-order valence-corrected chi connectivity index (χ0v) is 11.0. The van der Waals surface area contributed by atoms with Gasteiger partial charge in [0.15, 0.2) is 0 Å². The van der Waals surface area contributed by atoms with Crippen molar-refractivity contribution in [1.82, 2.24) is 10.0 Å². The van der Waals surface area contributed by atoms with Crippen LogP contribution in [0.5, 0.6) is 0 Å². The molecule has 0 fully saturated rings. The maximum Gasteiger partial charge on any atom is 0.240 e. The monoisotopic (exact) mass is 278 g/mol. The first-order valence-electron chi connectivity index (χ1n) is 5.98. The van der Waals surface area contributed by atoms with Crippen molar-refractivity contribution >= 4 is 10.0 Å². The molecule has 0 bridgehead atoms. The lowest BCUT2D eigenvalue weighted by Crippen LogP contribution is -2.23. The summed E-state index contributed by atoms with van der Waals surface area (Å²) >= 11 is 0. The molecule has 2 aromatic rings. The molecule has 0 unspecified atom stereocenters. The average Bonchev–Trinajstić information content (AvgIpc) is 3.06. The number of benzene rings is 1. The molecule has 0 spiro atoms. The molecule has 3 rings (SSSR count). The summed E-state index contributed by atoms with van der Waals surface area (Å²) in [4.78, 5) is 0.304. The SMILES string of the molecule is O=S(=O)(NCc1ccoc1)c1ccc2c(c1)CNC2. The Labute approximate surface area is 111 Å². The van der Waals surface area contributed by atoms with Gasteiger partial charge in [-0.3, -0.25) is 0 Å². The number of sulfonamides is 1. The van der Waals surface area contributed by atoms with Crippen molar-refractivity contribution in [2.45, 2.75) is 24.5 Å². The lowest BCUT2D eigenvalue weighted by Gasteiger charge is -2.07. The van der Waals surface area contributed by atoms with E-state index in [0.29, 0.717) is 4.90 Å². The maximum atomic E-state index is 12.2. The lowest BCUT2D eigenvalue weighted by molar-refractivity contribution is 0.561. The molecule has 5 nitrogen and oxygen atoms in total. The highest BCUT2D eigenvalue weighted by Gasteiger charge is 2.18. The quantitative estimate of drug-likeness (QED) is 0.886. The van der Waals surface area contributed by atoms with Crippen LogP contribution >= 0.6 is 0 Å². The van der Waals surface area contributed by atoms with Gasteiger partial charge in [0.2, 0.25) is 10.0 Å². The summed E-state index contributed by atoms with van der Waals surface area (Å²) in [5, 5.41) is 3.19. The summed E-state index contributed by atoms with van der Waals surface area (Å²) in [6.07, 6.45) is 3.04. The molecule has 1 aromatic heterocycles. The minimum atomic E-state index is -3.48. The summed E-state index contributed by atoms with van der Waals surface area (Å²) in [5.41, 5.74) is 3.01. The topological polar surface area (TPSA) is 71.3 Å². The standard InChI is InChI=1S/C13H14N2O3S/c16-19(17,15-6-10-3-4-18-9-10)13-2-1-11-7-14-8-12(11)5-13/h1-5,9,14-15H,6-8H2. The predicted octanol–water partition coefficient (Wildman–Crippen LogP) is 1.36. The zero-order chi connectivity index (χ0) is 13.3. The second-order valence-corrected chi connectivity index (χ2v) is 6.26. The van der Waals surface area contributed by atoms with E-state index in [1.54, 1.807) is 18.2 Å². The Kier molecular flexibility index (Phi) is 3.14. The molecule has 19 heavy (non-hydrogen) atoms. The molecule has 1 aromatic carbocycles. The summed E-state index contributed by atoms with van der Waals surface area (Å²) < 4.78 is 31.8. The van der Waals surface area contributed by atoms with E-state index >= 15 is 0 Å². The molecule has 2 N–H and O–H groups in total. The molecular formula is C13H14N2O3S. The van der Waals surface area contributed by atoms with E-state index in [1.165, 1.54) is 12.5 Å². The van der Waals surface area contributed by atoms with Gasteiger partial charge in [-0.25, -0.2) is 13.1 Å². The predicted molar refractivity (Wildman–Crippen MR) is 69.7 cm³/mol. The summed E-state index contributed by atoms with van der Waals surface area (Å²) in [5.74, 6) is 0. The van der Waals surface area contributed by atoms with Gasteiger partial charge in [0.25, 0.3) is 0 Å². The molecule has 0 saturated carbocycles. The Hall–Kier alpha value is -1.63. The van der Waals surface area contributed by atoms with Crippen LogP contribution in [0, 0.1) is 0 Å². The highest BCUT2D eigenvalue weighted by Crippen LogP contribution is 2.20. The normalized spacial score (nSPS) is 14.5. The molecule has 0 aliphatic carbocycles. The molecular weight excluding hydrogens is 264 g/mol. The van der Waals surface area contributed by atoms with Gasteiger partial charge in [-0.1, -0.05) is 6.07 Å². The van der Waals surface area contributed by atoms with Crippen LogP contribution in [0.15, 0.2) is 46.1 Å². The average molecular weight is 278 g/mol. The van der Waals surface area contributed by atoms with Gasteiger partial charge >= 0.3 is 0 Å². The van der Waals surface area contributed by atoms with Gasteiger partial charge in [-0.05, 0) is 29.3 Å². The number of hydrogen-bond donors (Lipinski definition) is 2. The third-order valence-electron chi connectivity index (χ3n) is 3.17. The first-order valence-corrected chi connectivity index (χ1v) is 7.47. The third-order valence-corrected chi connectivity index (χ3v) is 4.56. The van der Waals surface area contributed by atoms with Crippen LogP contribution < -0.4 is 10.0 Å². The van der Waals surface area contributed by atoms with Gasteiger partial charge in [-0.2, -0.15) is 0 Å². The van der Waals surface area contributed by atoms with E-state index < -0.39 is 10.0 Å². The van der Waals surface area contributed by atoms with Gasteiger partial charge in [0.1, 0.15) is 0 Å². The van der Waals surface area contributed by atoms with Crippen molar-refractivity contribution in [3.8, 4) is 0 Å². The van der Waals surface area contributed by atoms with Gasteiger partial charge in [-0.15, -0.1) is 0 Å². The van der Waals surface area contributed by atoms with Crippen LogP contribution in [-0.4, -0.2) is 8.42 Å². The fraction of sp³-hybridized carbons (Fsp3) is 0.231. The molecule has 0 atom stereocenters. The van der Waals surface area contributed by atoms with Crippen molar-refractivity contribution < 1.29 is 12.8 Å². The molecule has 0 radical (unpaired) electrons. The summed E-state index contributed by atoms with van der Waals surface area (Å²) in [6.45, 7) is 1.76. The number of fused-ring (bicyclic) bond motifs is 1. The fourth-order valence-electron chi connectivity index (χ4n) is 2.09. The van der Waals surface area contributed by atoms with E-state index in [4.69, 9.17) is 4.42 Å². The van der Waals surface area contributed by atoms with Crippen LogP contribution in [0.1, 0.15) is 16.7 Å². The number of hydrogen-bond acceptors (Lipinski definition) is 4. The highest BCUT2D eigenvalue weighted by atomic mass is 32.2. The van der Waals surface area contributed by atoms with Crippen LogP contribution in [0.25, 0.3) is 0 Å². The maximum absolute atomic E-state index is 12.2. The Morgan fingerprint density at radius 1 is 1.21 bits per heavy atom. The minimum Gasteiger partial charge on any atom is -0.472 e. The van der Waals surface area contributed by atoms with Gasteiger partial charge in [0.05, 0.1) is 17.4 Å². The molecule has 2 heterocycles. The van der Waals surface area contributed by atoms with Crippen molar-refractivity contribution in [2.75, 3.05) is 0 Å². The zero-order valence-electron chi connectivity index (χ0n) is 10.2. The number of nitrogens with one attached hydrogen (secondary N) is 2. The van der Waals surface area contributed by atoms with Crippen molar-refractivity contribution in [3.63, 3.8) is 0 Å². The molecule has 0 saturated heterocycles. The Morgan fingerprint density at radius 3 is 2.84 bits per heavy atom. The Balaban J connectivity index is 1.80. The van der Waals surface area contributed by atoms with E-state index in [0.717, 1.165) is 29.8 Å². The minimum absolute atomic E-state index is 0.230. The first-order chi connectivity index (χ1) is 9.15. The van der Waals surface area contributed by atoms with Crippen LogP contribution in [0.2, 0.25) is 0 Å². The van der Waals surface area contributed by atoms with E-state index in [1.807, 2.05) is 6.07 Å². The Morgan fingerprint density at radius 2 is 2.05 bits per heavy atom. The molecule has 100 valence electrons. The van der Waals surface area contributed by atoms with Crippen LogP contribution in [0.3, 0.4) is 0 Å². The first kappa shape index (κ1) is 12.4. The van der Waals surface area contributed by atoms with E-state index in [2.05, 4.69) is 10.0 Å². The number of rotatable bonds is 4. The summed E-state index contributed by atoms with van der Waals surface area (Å²) in [7, 11) is -3.48. The van der Waals surface area contributed by atoms with Crippen molar-refractivity contribution in [3.05, 3.63) is 53.5 Å². The lowest BCUT2D eigenvalue weighted by atomic mass is 10.1. The molecule has 1 aliphatic rings. The number of furan rings is 1. The van der Waals surface area contributed by atoms with Gasteiger partial charge in [0, 0.05) is 25.2 Å². The molecule has 1 aliphatic heterocycles. The van der Waals surface area contributed by atoms with Crippen LogP contribution in [-0.2, 0) is 29.7 Å². The van der Waals surface area contributed by atoms with Gasteiger partial charge < -0.3 is 9.73 Å².